The molecular weight excluding hydrogens is 519 g/mol. The van der Waals surface area contributed by atoms with Crippen LogP contribution < -0.4 is 10.9 Å². The summed E-state index contributed by atoms with van der Waals surface area (Å²) in [5, 5.41) is 20.1. The third kappa shape index (κ3) is 4.74. The van der Waals surface area contributed by atoms with Crippen molar-refractivity contribution in [1.29, 1.82) is 0 Å². The number of anilines is 1. The Labute approximate surface area is 210 Å². The molecule has 0 atom stereocenters. The molecule has 0 bridgehead atoms. The van der Waals surface area contributed by atoms with E-state index < -0.39 is 28.0 Å². The first-order valence-corrected chi connectivity index (χ1v) is 11.6. The van der Waals surface area contributed by atoms with Gasteiger partial charge in [-0.3, -0.25) is 19.7 Å². The van der Waals surface area contributed by atoms with E-state index in [-0.39, 0.29) is 38.7 Å². The van der Waals surface area contributed by atoms with Gasteiger partial charge in [0.05, 0.1) is 22.6 Å². The maximum atomic E-state index is 13.4. The van der Waals surface area contributed by atoms with E-state index in [1.54, 1.807) is 31.2 Å². The number of hydrogen-bond donors (Lipinski definition) is 1. The molecule has 0 radical (unpaired) electrons. The maximum Gasteiger partial charge on any atom is 0.359 e. The molecule has 4 aromatic rings. The molecule has 2 heterocycles. The first-order valence-electron chi connectivity index (χ1n) is 9.94. The van der Waals surface area contributed by atoms with E-state index in [1.165, 1.54) is 17.5 Å². The van der Waals surface area contributed by atoms with Crippen molar-refractivity contribution in [3.8, 4) is 5.69 Å². The topological polar surface area (TPSA) is 133 Å². The Balaban J connectivity index is 1.85. The molecule has 2 aromatic heterocycles. The number of rotatable bonds is 6. The summed E-state index contributed by atoms with van der Waals surface area (Å²) in [5.74, 6) is -1.45. The fourth-order valence-electron chi connectivity index (χ4n) is 3.22. The molecule has 2 aromatic carbocycles. The van der Waals surface area contributed by atoms with Crippen LogP contribution in [0.4, 0.5) is 10.7 Å². The minimum absolute atomic E-state index is 0.0276. The molecule has 0 spiro atoms. The van der Waals surface area contributed by atoms with Crippen LogP contribution in [0.5, 0.6) is 0 Å². The molecule has 0 aliphatic carbocycles. The van der Waals surface area contributed by atoms with E-state index in [4.69, 9.17) is 27.9 Å². The number of thiophene rings is 1. The summed E-state index contributed by atoms with van der Waals surface area (Å²) in [6.45, 7) is 1.72. The van der Waals surface area contributed by atoms with Crippen LogP contribution >= 0.6 is 34.5 Å². The molecule has 0 fully saturated rings. The highest BCUT2D eigenvalue weighted by Gasteiger charge is 2.24. The van der Waals surface area contributed by atoms with Gasteiger partial charge in [0.2, 0.25) is 0 Å². The molecule has 1 N–H and O–H groups in total. The Morgan fingerprint density at radius 1 is 1.20 bits per heavy atom. The molecule has 0 unspecified atom stereocenters. The molecule has 35 heavy (non-hydrogen) atoms. The number of halogens is 2. The van der Waals surface area contributed by atoms with Gasteiger partial charge in [0.25, 0.3) is 17.2 Å². The number of carbonyl (C=O) groups is 2. The average molecular weight is 533 g/mol. The van der Waals surface area contributed by atoms with Gasteiger partial charge < -0.3 is 10.1 Å². The second kappa shape index (κ2) is 9.82. The van der Waals surface area contributed by atoms with Crippen LogP contribution in [0.25, 0.3) is 16.5 Å². The van der Waals surface area contributed by atoms with E-state index in [0.717, 1.165) is 22.1 Å². The van der Waals surface area contributed by atoms with E-state index in [1.807, 2.05) is 0 Å². The fourth-order valence-corrected chi connectivity index (χ4v) is 4.46. The Morgan fingerprint density at radius 3 is 2.57 bits per heavy atom. The van der Waals surface area contributed by atoms with Crippen molar-refractivity contribution in [2.24, 2.45) is 0 Å². The lowest BCUT2D eigenvalue weighted by molar-refractivity contribution is -0.384. The summed E-state index contributed by atoms with van der Waals surface area (Å²) in [6, 6.07) is 9.80. The SMILES string of the molecule is CCOC(=O)c1nn(-c2ccc(Cl)cc2)c(=O)c2c(NC(=O)c3ccc(Cl)c([N+](=O)[O-])c3)scc12. The number of nitro groups is 1. The van der Waals surface area contributed by atoms with Gasteiger partial charge in [-0.25, -0.2) is 4.79 Å². The summed E-state index contributed by atoms with van der Waals surface area (Å²) in [6.07, 6.45) is 0. The van der Waals surface area contributed by atoms with E-state index in [9.17, 15) is 24.5 Å². The highest BCUT2D eigenvalue weighted by atomic mass is 35.5. The monoisotopic (exact) mass is 532 g/mol. The molecule has 178 valence electrons. The first kappa shape index (κ1) is 24.3. The van der Waals surface area contributed by atoms with Crippen LogP contribution in [0.1, 0.15) is 27.8 Å². The van der Waals surface area contributed by atoms with Gasteiger partial charge in [-0.05, 0) is 43.3 Å². The van der Waals surface area contributed by atoms with E-state index in [2.05, 4.69) is 10.4 Å². The van der Waals surface area contributed by atoms with Crippen molar-refractivity contribution in [1.82, 2.24) is 9.78 Å². The minimum atomic E-state index is -0.746. The number of amides is 1. The zero-order valence-electron chi connectivity index (χ0n) is 17.8. The van der Waals surface area contributed by atoms with Crippen molar-refractivity contribution in [3.05, 3.63) is 89.6 Å². The Hall–Kier alpha value is -3.80. The highest BCUT2D eigenvalue weighted by molar-refractivity contribution is 7.16. The number of esters is 1. The fraction of sp³-hybridized carbons (Fsp3) is 0.0909. The molecule has 0 saturated carbocycles. The van der Waals surface area contributed by atoms with Crippen molar-refractivity contribution in [3.63, 3.8) is 0 Å². The van der Waals surface area contributed by atoms with Gasteiger partial charge in [0.1, 0.15) is 10.0 Å². The first-order chi connectivity index (χ1) is 16.7. The van der Waals surface area contributed by atoms with Gasteiger partial charge in [-0.1, -0.05) is 23.2 Å². The molecule has 4 rings (SSSR count). The number of carbonyl (C=O) groups excluding carboxylic acids is 2. The normalized spacial score (nSPS) is 10.8. The van der Waals surface area contributed by atoms with Crippen molar-refractivity contribution < 1.29 is 19.2 Å². The molecule has 1 amide bonds. The van der Waals surface area contributed by atoms with Crippen molar-refractivity contribution in [2.75, 3.05) is 11.9 Å². The molecule has 10 nitrogen and oxygen atoms in total. The average Bonchev–Trinajstić information content (AvgIpc) is 3.24. The third-order valence-electron chi connectivity index (χ3n) is 4.82. The number of nitrogens with zero attached hydrogens (tertiary/aromatic N) is 3. The number of fused-ring (bicyclic) bond motifs is 1. The standard InChI is InChI=1S/C22H14Cl2N4O6S/c1-2-34-22(31)18-14-10-35-20(25-19(29)11-3-8-15(24)16(9-11)28(32)33)17(14)21(30)27(26-18)13-6-4-12(23)5-7-13/h3-10H,2H2,1H3,(H,25,29). The number of nitrogens with one attached hydrogen (secondary N) is 1. The predicted molar refractivity (Wildman–Crippen MR) is 132 cm³/mol. The van der Waals surface area contributed by atoms with Crippen LogP contribution in [0.15, 0.2) is 52.6 Å². The minimum Gasteiger partial charge on any atom is -0.461 e. The van der Waals surface area contributed by atoms with E-state index in [0.29, 0.717) is 10.7 Å². The lowest BCUT2D eigenvalue weighted by atomic mass is 10.2. The van der Waals surface area contributed by atoms with Gasteiger partial charge >= 0.3 is 5.97 Å². The van der Waals surface area contributed by atoms with Crippen LogP contribution in [0.3, 0.4) is 0 Å². The summed E-state index contributed by atoms with van der Waals surface area (Å²) in [4.78, 5) is 49.3. The largest absolute Gasteiger partial charge is 0.461 e. The number of hydrogen-bond acceptors (Lipinski definition) is 8. The molecule has 0 aliphatic rings. The lowest BCUT2D eigenvalue weighted by Gasteiger charge is -2.10. The summed E-state index contributed by atoms with van der Waals surface area (Å²) >= 11 is 12.8. The number of benzene rings is 2. The summed E-state index contributed by atoms with van der Waals surface area (Å²) in [7, 11) is 0. The van der Waals surface area contributed by atoms with Crippen LogP contribution in [0, 0.1) is 10.1 Å². The number of ether oxygens (including phenoxy) is 1. The second-order valence-corrected chi connectivity index (χ2v) is 8.72. The van der Waals surface area contributed by atoms with E-state index >= 15 is 0 Å². The van der Waals surface area contributed by atoms with Crippen molar-refractivity contribution >= 4 is 67.9 Å². The molecule has 13 heteroatoms. The lowest BCUT2D eigenvalue weighted by Crippen LogP contribution is -2.25. The van der Waals surface area contributed by atoms with Gasteiger partial charge in [0.15, 0.2) is 5.69 Å². The van der Waals surface area contributed by atoms with Gasteiger partial charge in [0, 0.05) is 27.4 Å². The van der Waals surface area contributed by atoms with Crippen molar-refractivity contribution in [2.45, 2.75) is 6.92 Å². The zero-order chi connectivity index (χ0) is 25.3. The molecule has 0 saturated heterocycles. The van der Waals surface area contributed by atoms with Gasteiger partial charge in [-0.15, -0.1) is 11.3 Å². The van der Waals surface area contributed by atoms with Gasteiger partial charge in [-0.2, -0.15) is 9.78 Å². The smallest absolute Gasteiger partial charge is 0.359 e. The quantitative estimate of drug-likeness (QED) is 0.207. The highest BCUT2D eigenvalue weighted by Crippen LogP contribution is 2.32. The third-order valence-corrected chi connectivity index (χ3v) is 6.29. The summed E-state index contributed by atoms with van der Waals surface area (Å²) < 4.78 is 6.11. The van der Waals surface area contributed by atoms with Crippen LogP contribution in [-0.4, -0.2) is 33.2 Å². The number of nitro benzene ring substituents is 1. The Bertz CT molecular complexity index is 1550. The molecular formula is C22H14Cl2N4O6S. The zero-order valence-corrected chi connectivity index (χ0v) is 20.1. The van der Waals surface area contributed by atoms with Crippen LogP contribution in [0.2, 0.25) is 10.0 Å². The molecule has 0 aliphatic heterocycles. The maximum absolute atomic E-state index is 13.4. The Morgan fingerprint density at radius 2 is 1.91 bits per heavy atom. The summed E-state index contributed by atoms with van der Waals surface area (Å²) in [5.41, 5.74) is -0.859. The van der Waals surface area contributed by atoms with Crippen LogP contribution in [-0.2, 0) is 4.74 Å². The second-order valence-electron chi connectivity index (χ2n) is 6.99. The predicted octanol–water partition coefficient (Wildman–Crippen LogP) is 5.09. The Kier molecular flexibility index (Phi) is 6.83. The number of aromatic nitrogens is 2.